The largest absolute Gasteiger partial charge is 0.376 e. The normalized spacial score (nSPS) is 10.6. The number of halogens is 3. The average Bonchev–Trinajstić information content (AvgIpc) is 2.62. The Balaban J connectivity index is 2.17. The van der Waals surface area contributed by atoms with Crippen LogP contribution in [0.2, 0.25) is 5.02 Å². The molecule has 0 saturated heterocycles. The molecule has 3 nitrogen and oxygen atoms in total. The van der Waals surface area contributed by atoms with E-state index in [1.807, 2.05) is 0 Å². The highest BCUT2D eigenvalue weighted by Crippen LogP contribution is 2.26. The van der Waals surface area contributed by atoms with Crippen LogP contribution < -0.4 is 5.32 Å². The number of rotatable bonds is 3. The van der Waals surface area contributed by atoms with Gasteiger partial charge in [0.05, 0.1) is 22.9 Å². The van der Waals surface area contributed by atoms with Gasteiger partial charge < -0.3 is 5.32 Å². The maximum Gasteiger partial charge on any atom is 0.150 e. The van der Waals surface area contributed by atoms with E-state index in [4.69, 9.17) is 11.6 Å². The Morgan fingerprint density at radius 2 is 2.18 bits per heavy atom. The number of hydrogen-bond donors (Lipinski definition) is 1. The van der Waals surface area contributed by atoms with Crippen molar-refractivity contribution in [3.05, 3.63) is 46.7 Å². The smallest absolute Gasteiger partial charge is 0.150 e. The Kier molecular flexibility index (Phi) is 3.28. The molecule has 0 bridgehead atoms. The monoisotopic (exact) mass is 257 g/mol. The second-order valence-corrected chi connectivity index (χ2v) is 3.95. The molecule has 2 aromatic rings. The molecule has 0 amide bonds. The van der Waals surface area contributed by atoms with Crippen LogP contribution in [0.5, 0.6) is 0 Å². The topological polar surface area (TPSA) is 29.9 Å². The van der Waals surface area contributed by atoms with Crippen LogP contribution in [0.1, 0.15) is 5.69 Å². The standard InChI is InChI=1S/C11H10ClF2N3/c1-17-8(2-3-16-17)6-15-11-9(12)4-7(13)5-10(11)14/h2-5,15H,6H2,1H3. The minimum atomic E-state index is -0.711. The van der Waals surface area contributed by atoms with Gasteiger partial charge in [-0.3, -0.25) is 4.68 Å². The maximum absolute atomic E-state index is 13.4. The highest BCUT2D eigenvalue weighted by atomic mass is 35.5. The van der Waals surface area contributed by atoms with Crippen LogP contribution in [0.4, 0.5) is 14.5 Å². The Morgan fingerprint density at radius 1 is 1.41 bits per heavy atom. The van der Waals surface area contributed by atoms with Crippen molar-refractivity contribution in [3.63, 3.8) is 0 Å². The van der Waals surface area contributed by atoms with Crippen LogP contribution in [-0.4, -0.2) is 9.78 Å². The Hall–Kier alpha value is -1.62. The third-order valence-corrected chi connectivity index (χ3v) is 2.67. The van der Waals surface area contributed by atoms with Crippen molar-refractivity contribution >= 4 is 17.3 Å². The molecule has 0 aliphatic rings. The summed E-state index contributed by atoms with van der Waals surface area (Å²) in [5.74, 6) is -1.41. The van der Waals surface area contributed by atoms with E-state index in [9.17, 15) is 8.78 Å². The van der Waals surface area contributed by atoms with Crippen LogP contribution in [0.3, 0.4) is 0 Å². The molecule has 1 heterocycles. The molecule has 0 atom stereocenters. The third-order valence-electron chi connectivity index (χ3n) is 2.38. The molecule has 0 spiro atoms. The molecule has 90 valence electrons. The van der Waals surface area contributed by atoms with E-state index in [2.05, 4.69) is 10.4 Å². The second-order valence-electron chi connectivity index (χ2n) is 3.54. The van der Waals surface area contributed by atoms with Gasteiger partial charge in [-0.05, 0) is 12.1 Å². The number of nitrogens with zero attached hydrogens (tertiary/aromatic N) is 2. The average molecular weight is 258 g/mol. The maximum atomic E-state index is 13.4. The summed E-state index contributed by atoms with van der Waals surface area (Å²) in [5, 5.41) is 6.81. The van der Waals surface area contributed by atoms with Crippen LogP contribution >= 0.6 is 11.6 Å². The van der Waals surface area contributed by atoms with E-state index in [1.165, 1.54) is 0 Å². The molecular weight excluding hydrogens is 248 g/mol. The summed E-state index contributed by atoms with van der Waals surface area (Å²) >= 11 is 5.75. The van der Waals surface area contributed by atoms with E-state index in [1.54, 1.807) is 24.0 Å². The minimum Gasteiger partial charge on any atom is -0.376 e. The molecule has 1 aromatic heterocycles. The first-order valence-corrected chi connectivity index (χ1v) is 5.31. The Bertz CT molecular complexity index is 516. The predicted molar refractivity (Wildman–Crippen MR) is 61.9 cm³/mol. The molecular formula is C11H10ClF2N3. The van der Waals surface area contributed by atoms with Gasteiger partial charge in [-0.2, -0.15) is 5.10 Å². The van der Waals surface area contributed by atoms with Gasteiger partial charge in [0, 0.05) is 19.3 Å². The van der Waals surface area contributed by atoms with Crippen LogP contribution in [0, 0.1) is 11.6 Å². The van der Waals surface area contributed by atoms with Gasteiger partial charge in [0.15, 0.2) is 5.82 Å². The van der Waals surface area contributed by atoms with Gasteiger partial charge in [0.2, 0.25) is 0 Å². The lowest BCUT2D eigenvalue weighted by Crippen LogP contribution is -2.07. The lowest BCUT2D eigenvalue weighted by Gasteiger charge is -2.09. The first-order chi connectivity index (χ1) is 8.08. The van der Waals surface area contributed by atoms with Crippen molar-refractivity contribution in [2.75, 3.05) is 5.32 Å². The van der Waals surface area contributed by atoms with Crippen molar-refractivity contribution in [1.82, 2.24) is 9.78 Å². The molecule has 1 N–H and O–H groups in total. The van der Waals surface area contributed by atoms with Crippen molar-refractivity contribution in [2.24, 2.45) is 7.05 Å². The predicted octanol–water partition coefficient (Wildman–Crippen LogP) is 2.96. The second kappa shape index (κ2) is 4.71. The zero-order valence-electron chi connectivity index (χ0n) is 9.04. The first kappa shape index (κ1) is 11.9. The van der Waals surface area contributed by atoms with E-state index >= 15 is 0 Å². The van der Waals surface area contributed by atoms with Crippen molar-refractivity contribution in [2.45, 2.75) is 6.54 Å². The van der Waals surface area contributed by atoms with Crippen LogP contribution in [-0.2, 0) is 13.6 Å². The summed E-state index contributed by atoms with van der Waals surface area (Å²) in [6, 6.07) is 3.65. The van der Waals surface area contributed by atoms with Crippen molar-refractivity contribution in [1.29, 1.82) is 0 Å². The fraction of sp³-hybridized carbons (Fsp3) is 0.182. The summed E-state index contributed by atoms with van der Waals surface area (Å²) in [4.78, 5) is 0. The van der Waals surface area contributed by atoms with E-state index in [0.717, 1.165) is 17.8 Å². The molecule has 2 rings (SSSR count). The zero-order chi connectivity index (χ0) is 12.4. The first-order valence-electron chi connectivity index (χ1n) is 4.93. The lowest BCUT2D eigenvalue weighted by molar-refractivity contribution is 0.585. The van der Waals surface area contributed by atoms with E-state index in [0.29, 0.717) is 6.54 Å². The fourth-order valence-corrected chi connectivity index (χ4v) is 1.73. The molecule has 0 saturated carbocycles. The molecule has 0 fully saturated rings. The number of anilines is 1. The number of hydrogen-bond acceptors (Lipinski definition) is 2. The van der Waals surface area contributed by atoms with Gasteiger partial charge >= 0.3 is 0 Å². The van der Waals surface area contributed by atoms with Gasteiger partial charge in [0.1, 0.15) is 5.82 Å². The number of aromatic nitrogens is 2. The minimum absolute atomic E-state index is 0.0182. The van der Waals surface area contributed by atoms with Crippen LogP contribution in [0.15, 0.2) is 24.4 Å². The molecule has 0 aliphatic carbocycles. The van der Waals surface area contributed by atoms with Gasteiger partial charge in [0.25, 0.3) is 0 Å². The van der Waals surface area contributed by atoms with Gasteiger partial charge in [-0.1, -0.05) is 11.6 Å². The van der Waals surface area contributed by atoms with Crippen molar-refractivity contribution < 1.29 is 8.78 Å². The zero-order valence-corrected chi connectivity index (χ0v) is 9.80. The van der Waals surface area contributed by atoms with Crippen LogP contribution in [0.25, 0.3) is 0 Å². The Labute approximate surface area is 102 Å². The number of nitrogens with one attached hydrogen (secondary N) is 1. The highest BCUT2D eigenvalue weighted by Gasteiger charge is 2.10. The lowest BCUT2D eigenvalue weighted by atomic mass is 10.3. The van der Waals surface area contributed by atoms with E-state index in [-0.39, 0.29) is 10.7 Å². The molecule has 17 heavy (non-hydrogen) atoms. The molecule has 0 aliphatic heterocycles. The third kappa shape index (κ3) is 2.55. The SMILES string of the molecule is Cn1nccc1CNc1c(F)cc(F)cc1Cl. The van der Waals surface area contributed by atoms with Crippen molar-refractivity contribution in [3.8, 4) is 0 Å². The highest BCUT2D eigenvalue weighted by molar-refractivity contribution is 6.33. The number of benzene rings is 1. The number of aryl methyl sites for hydroxylation is 1. The molecule has 0 radical (unpaired) electrons. The molecule has 1 aromatic carbocycles. The summed E-state index contributed by atoms with van der Waals surface area (Å²) in [7, 11) is 1.78. The molecule has 0 unspecified atom stereocenters. The summed E-state index contributed by atoms with van der Waals surface area (Å²) in [5.41, 5.74) is 0.957. The van der Waals surface area contributed by atoms with E-state index < -0.39 is 11.6 Å². The fourth-order valence-electron chi connectivity index (χ4n) is 1.46. The summed E-state index contributed by atoms with van der Waals surface area (Å²) < 4.78 is 27.9. The molecule has 6 heteroatoms. The van der Waals surface area contributed by atoms with Gasteiger partial charge in [-0.15, -0.1) is 0 Å². The summed E-state index contributed by atoms with van der Waals surface area (Å²) in [6.07, 6.45) is 1.64. The summed E-state index contributed by atoms with van der Waals surface area (Å²) in [6.45, 7) is 0.360. The quantitative estimate of drug-likeness (QED) is 0.916. The van der Waals surface area contributed by atoms with Gasteiger partial charge in [-0.25, -0.2) is 8.78 Å². The Morgan fingerprint density at radius 3 is 2.76 bits per heavy atom.